The maximum Gasteiger partial charge on any atom is 0.497 e. The molecule has 0 aliphatic carbocycles. The van der Waals surface area contributed by atoms with Gasteiger partial charge in [0.1, 0.15) is 44.8 Å². The van der Waals surface area contributed by atoms with Crippen LogP contribution in [0.25, 0.3) is 66.2 Å². The summed E-state index contributed by atoms with van der Waals surface area (Å²) in [5, 5.41) is 15.4. The summed E-state index contributed by atoms with van der Waals surface area (Å²) in [6, 6.07) is 25.9. The lowest BCUT2D eigenvalue weighted by Crippen LogP contribution is -2.41. The summed E-state index contributed by atoms with van der Waals surface area (Å²) in [6.07, 6.45) is 8.37. The normalized spacial score (nSPS) is 13.4. The van der Waals surface area contributed by atoms with Gasteiger partial charge >= 0.3 is 37.5 Å². The number of aromatic nitrogens is 10. The minimum Gasteiger partial charge on any atom is -0.462 e. The molecule has 28 nitrogen and oxygen atoms in total. The number of ketones is 2. The van der Waals surface area contributed by atoms with E-state index in [-0.39, 0.29) is 29.2 Å². The Morgan fingerprint density at radius 2 is 0.992 bits per heavy atom. The number of rotatable bonds is 7. The fourth-order valence-electron chi connectivity index (χ4n) is 14.4. The number of fused-ring (bicyclic) bond motifs is 7. The first-order valence-corrected chi connectivity index (χ1v) is 42.4. The highest BCUT2D eigenvalue weighted by atomic mass is 79.9. The summed E-state index contributed by atoms with van der Waals surface area (Å²) >= 11 is 9.50. The molecule has 3 N–H and O–H groups in total. The predicted molar refractivity (Wildman–Crippen MR) is 499 cm³/mol. The number of ether oxygens (including phenoxy) is 5. The summed E-state index contributed by atoms with van der Waals surface area (Å²) in [4.78, 5) is 115. The van der Waals surface area contributed by atoms with Crippen molar-refractivity contribution in [1.29, 1.82) is 0 Å². The van der Waals surface area contributed by atoms with Crippen molar-refractivity contribution in [3.63, 3.8) is 0 Å². The number of anilines is 3. The lowest BCUT2D eigenvalue weighted by Gasteiger charge is -2.32. The van der Waals surface area contributed by atoms with Gasteiger partial charge in [-0.1, -0.05) is 70.3 Å². The molecule has 10 heterocycles. The number of carbonyl (C=O) groups is 8. The van der Waals surface area contributed by atoms with E-state index in [4.69, 9.17) is 49.6 Å². The number of aromatic amines is 2. The van der Waals surface area contributed by atoms with Gasteiger partial charge in [-0.3, -0.25) is 33.3 Å². The molecule has 666 valence electrons. The van der Waals surface area contributed by atoms with Crippen molar-refractivity contribution < 1.29 is 71.3 Å². The summed E-state index contributed by atoms with van der Waals surface area (Å²) in [5.74, 6) is -0.903. The standard InChI is InChI=1S/C25H29N5O4.C21H30BNO4.C15H18BrNO2.C14H17ClN4O3.C10H9NO2.C10H11N/c1-8-33-23(31)18-13-27-30-20(29(7)24(32)34-25(4,5)6)11-19(28-22(18)30)17-12-26-21-15(3)9-14(2)10-16(17)21;1-13-10-14(2)17-15(11-13)16(12-23(17)18(24)25-19(3,4)5)22-26-20(6,7)21(8,9)27-22;1-9-6-10(2)13-11(7-9)12(16)8-17(13)14(18)19-15(3,4)5;1-8(20)9-7-16-19-11(6-10(15)17-12(9)19)18(5)13(21)22-14(2,3)4;1-5-3-6(2)8-7(4-5)9(12)10(13)11-8;1-7-5-8(2)10-9(6-7)3-4-11-10/h9-13,26H,8H2,1-7H3;10-12H,1-9H3;6-8H,1-5H3;6-7H,1-5H3;3-4H,1-2H3,(H,11,12,13);3-6,11H,1-2H3. The first-order chi connectivity index (χ1) is 58.4. The zero-order chi connectivity index (χ0) is 93.6. The molecule has 0 bridgehead atoms. The second kappa shape index (κ2) is 36.9. The largest absolute Gasteiger partial charge is 0.497 e. The number of carbonyl (C=O) groups excluding carboxylic acids is 8. The van der Waals surface area contributed by atoms with Crippen LogP contribution in [0.3, 0.4) is 0 Å². The Kier molecular flexibility index (Phi) is 28.2. The van der Waals surface area contributed by atoms with Gasteiger partial charge < -0.3 is 48.3 Å². The van der Waals surface area contributed by atoms with Crippen LogP contribution in [0, 0.1) is 69.2 Å². The molecule has 13 aromatic rings. The van der Waals surface area contributed by atoms with Crippen LogP contribution in [0.2, 0.25) is 5.15 Å². The number of hydrogen-bond acceptors (Lipinski definition) is 19. The van der Waals surface area contributed by atoms with Crippen LogP contribution in [0.15, 0.2) is 121 Å². The zero-order valence-electron chi connectivity index (χ0n) is 77.6. The summed E-state index contributed by atoms with van der Waals surface area (Å²) in [7, 11) is 2.60. The number of Topliss-reactive ketones (excluding diaryl/α,β-unsaturated/α-hetero) is 2. The van der Waals surface area contributed by atoms with Crippen molar-refractivity contribution >= 4 is 160 Å². The van der Waals surface area contributed by atoms with Gasteiger partial charge in [-0.05, 0) is 279 Å². The molecule has 1 fully saturated rings. The number of nitrogens with zero attached hydrogens (tertiary/aromatic N) is 10. The first kappa shape index (κ1) is 96.2. The van der Waals surface area contributed by atoms with Crippen LogP contribution in [0.5, 0.6) is 0 Å². The molecule has 126 heavy (non-hydrogen) atoms. The van der Waals surface area contributed by atoms with Crippen molar-refractivity contribution in [2.45, 2.75) is 227 Å². The van der Waals surface area contributed by atoms with Crippen LogP contribution in [-0.2, 0) is 37.8 Å². The molecule has 1 saturated heterocycles. The molecule has 2 aliphatic heterocycles. The highest BCUT2D eigenvalue weighted by Gasteiger charge is 2.53. The minimum absolute atomic E-state index is 0.154. The molecular formula is C95H114BBrClN13O15. The molecule has 5 aromatic carbocycles. The zero-order valence-corrected chi connectivity index (χ0v) is 79.9. The average Bonchev–Trinajstić information content (AvgIpc) is 1.58. The molecule has 0 saturated carbocycles. The molecule has 0 unspecified atom stereocenters. The monoisotopic (exact) mass is 1800 g/mol. The van der Waals surface area contributed by atoms with Gasteiger partial charge in [0.25, 0.3) is 11.7 Å². The minimum atomic E-state index is -0.674. The third-order valence-corrected chi connectivity index (χ3v) is 21.3. The van der Waals surface area contributed by atoms with Crippen molar-refractivity contribution in [3.05, 3.63) is 198 Å². The second-order valence-corrected chi connectivity index (χ2v) is 37.9. The number of halogens is 2. The van der Waals surface area contributed by atoms with Crippen molar-refractivity contribution in [1.82, 2.24) is 48.3 Å². The first-order valence-electron chi connectivity index (χ1n) is 41.2. The van der Waals surface area contributed by atoms with Gasteiger partial charge in [0.05, 0.1) is 63.7 Å². The molecule has 0 atom stereocenters. The van der Waals surface area contributed by atoms with Gasteiger partial charge in [-0.15, -0.1) is 0 Å². The third-order valence-electron chi connectivity index (χ3n) is 20.5. The summed E-state index contributed by atoms with van der Waals surface area (Å²) < 4.78 is 46.5. The van der Waals surface area contributed by atoms with Crippen LogP contribution in [0.1, 0.15) is 211 Å². The van der Waals surface area contributed by atoms with Gasteiger partial charge in [-0.25, -0.2) is 33.9 Å². The van der Waals surface area contributed by atoms with Gasteiger partial charge in [-0.2, -0.15) is 19.2 Å². The van der Waals surface area contributed by atoms with E-state index in [0.29, 0.717) is 45.4 Å². The van der Waals surface area contributed by atoms with E-state index >= 15 is 0 Å². The summed E-state index contributed by atoms with van der Waals surface area (Å²) in [6.45, 7) is 53.6. The quantitative estimate of drug-likeness (QED) is 0.0333. The van der Waals surface area contributed by atoms with E-state index in [0.717, 1.165) is 87.2 Å². The smallest absolute Gasteiger partial charge is 0.462 e. The van der Waals surface area contributed by atoms with Crippen LogP contribution < -0.4 is 20.6 Å². The maximum absolute atomic E-state index is 12.9. The van der Waals surface area contributed by atoms with Crippen LogP contribution >= 0.6 is 27.5 Å². The Morgan fingerprint density at radius 3 is 1.52 bits per heavy atom. The van der Waals surface area contributed by atoms with E-state index < -0.39 is 76.7 Å². The highest BCUT2D eigenvalue weighted by Crippen LogP contribution is 2.40. The SMILES string of the molecule is CC(=O)c1cnn2c(N(C)C(=O)OC(C)(C)C)cc(Cl)nc12.CCOC(=O)c1cnn2c(N(C)C(=O)OC(C)(C)C)cc(-c3c[nH]c4c(C)cc(C)cc34)nc12.Cc1cc(C)c2[nH]ccc2c1.Cc1cc(C)c2c(c1)C(=O)C(=O)N2.Cc1cc(C)c2c(c1)c(B1OC(C)(C)C(C)(C)O1)cn2C(=O)OC(C)(C)C.Cc1cc(C)c2c(c1)c(Br)cn2C(=O)OC(C)(C)C. The number of benzene rings is 5. The molecule has 0 spiro atoms. The van der Waals surface area contributed by atoms with Crippen LogP contribution in [-0.4, -0.2) is 158 Å². The average molecular weight is 1800 g/mol. The van der Waals surface area contributed by atoms with Crippen molar-refractivity contribution in [2.24, 2.45) is 0 Å². The molecule has 31 heteroatoms. The van der Waals surface area contributed by atoms with E-state index in [1.165, 1.54) is 78.9 Å². The molecule has 15 rings (SSSR count). The third kappa shape index (κ3) is 21.9. The fraction of sp³-hybridized carbons (Fsp3) is 0.389. The van der Waals surface area contributed by atoms with Crippen molar-refractivity contribution in [3.8, 4) is 11.3 Å². The Morgan fingerprint density at radius 1 is 0.540 bits per heavy atom. The fourth-order valence-corrected chi connectivity index (χ4v) is 15.1. The highest BCUT2D eigenvalue weighted by molar-refractivity contribution is 9.10. The van der Waals surface area contributed by atoms with Gasteiger partial charge in [0.15, 0.2) is 17.1 Å². The summed E-state index contributed by atoms with van der Waals surface area (Å²) in [5.41, 5.74) is 16.5. The lowest BCUT2D eigenvalue weighted by molar-refractivity contribution is -0.112. The number of amides is 3. The molecular weight excluding hydrogens is 1690 g/mol. The molecule has 2 aliphatic rings. The second-order valence-electron chi connectivity index (χ2n) is 36.7. The Labute approximate surface area is 747 Å². The van der Waals surface area contributed by atoms with E-state index in [9.17, 15) is 38.4 Å². The molecule has 0 radical (unpaired) electrons. The Bertz CT molecular complexity index is 6440. The molecule has 3 amide bonds. The Hall–Kier alpha value is -12.0. The number of aryl methyl sites for hydroxylation is 10. The number of hydrogen-bond donors (Lipinski definition) is 3. The van der Waals surface area contributed by atoms with Gasteiger partial charge in [0, 0.05) is 93.7 Å². The van der Waals surface area contributed by atoms with E-state index in [2.05, 4.69) is 115 Å². The topological polar surface area (TPSA) is 322 Å². The van der Waals surface area contributed by atoms with Gasteiger partial charge in [0.2, 0.25) is 0 Å². The predicted octanol–water partition coefficient (Wildman–Crippen LogP) is 21.4. The van der Waals surface area contributed by atoms with Crippen molar-refractivity contribution in [2.75, 3.05) is 35.8 Å². The Balaban J connectivity index is 0.000000163. The molecule has 8 aromatic heterocycles. The number of H-pyrrole nitrogens is 2. The van der Waals surface area contributed by atoms with Crippen LogP contribution in [0.4, 0.5) is 36.5 Å². The number of nitrogens with one attached hydrogen (secondary N) is 3. The lowest BCUT2D eigenvalue weighted by atomic mass is 9.78. The number of esters is 1. The van der Waals surface area contributed by atoms with E-state index in [1.807, 2.05) is 143 Å². The van der Waals surface area contributed by atoms with E-state index in [1.54, 1.807) is 89.2 Å². The maximum atomic E-state index is 12.9.